The van der Waals surface area contributed by atoms with Gasteiger partial charge in [0.2, 0.25) is 0 Å². The summed E-state index contributed by atoms with van der Waals surface area (Å²) in [4.78, 5) is 0. The molecule has 0 spiro atoms. The molecule has 0 atom stereocenters. The van der Waals surface area contributed by atoms with Crippen LogP contribution in [0.4, 0.5) is 0 Å². The van der Waals surface area contributed by atoms with Crippen LogP contribution >= 0.6 is 11.8 Å². The fourth-order valence-electron chi connectivity index (χ4n) is 1.34. The fourth-order valence-corrected chi connectivity index (χ4v) is 2.20. The summed E-state index contributed by atoms with van der Waals surface area (Å²) < 4.78 is 0.359. The van der Waals surface area contributed by atoms with Gasteiger partial charge in [0.15, 0.2) is 0 Å². The maximum absolute atomic E-state index is 8.56. The largest absolute Gasteiger partial charge is 0.315 e. The summed E-state index contributed by atoms with van der Waals surface area (Å²) in [7, 11) is 0. The molecule has 0 aromatic rings. The SMILES string of the molecule is CC(C)(CCC#N)CNCCSC(C)(C)C. The first-order valence-corrected chi connectivity index (χ1v) is 6.97. The van der Waals surface area contributed by atoms with Gasteiger partial charge in [0.05, 0.1) is 6.07 Å². The second-order valence-electron chi connectivity index (χ2n) is 5.96. The molecular weight excluding hydrogens is 216 g/mol. The van der Waals surface area contributed by atoms with Crippen molar-refractivity contribution in [3.63, 3.8) is 0 Å². The minimum Gasteiger partial charge on any atom is -0.315 e. The zero-order valence-electron chi connectivity index (χ0n) is 11.4. The number of nitriles is 1. The van der Waals surface area contributed by atoms with Crippen molar-refractivity contribution in [3.05, 3.63) is 0 Å². The molecule has 3 heteroatoms. The van der Waals surface area contributed by atoms with E-state index in [1.807, 2.05) is 11.8 Å². The fraction of sp³-hybridized carbons (Fsp3) is 0.923. The number of nitrogens with one attached hydrogen (secondary N) is 1. The van der Waals surface area contributed by atoms with E-state index in [9.17, 15) is 0 Å². The van der Waals surface area contributed by atoms with Gasteiger partial charge in [-0.25, -0.2) is 0 Å². The normalized spacial score (nSPS) is 12.5. The van der Waals surface area contributed by atoms with E-state index >= 15 is 0 Å². The van der Waals surface area contributed by atoms with E-state index in [2.05, 4.69) is 46.0 Å². The first-order valence-electron chi connectivity index (χ1n) is 5.98. The summed E-state index contributed by atoms with van der Waals surface area (Å²) in [6.07, 6.45) is 1.63. The van der Waals surface area contributed by atoms with Gasteiger partial charge in [0.25, 0.3) is 0 Å². The highest BCUT2D eigenvalue weighted by molar-refractivity contribution is 8.00. The highest BCUT2D eigenvalue weighted by Crippen LogP contribution is 2.23. The highest BCUT2D eigenvalue weighted by Gasteiger charge is 2.16. The van der Waals surface area contributed by atoms with Crippen molar-refractivity contribution < 1.29 is 0 Å². The molecule has 0 aliphatic carbocycles. The van der Waals surface area contributed by atoms with Crippen LogP contribution in [0.25, 0.3) is 0 Å². The van der Waals surface area contributed by atoms with Crippen LogP contribution in [-0.2, 0) is 0 Å². The molecule has 0 heterocycles. The third kappa shape index (κ3) is 10.3. The summed E-state index contributed by atoms with van der Waals surface area (Å²) in [5.41, 5.74) is 0.238. The molecule has 2 nitrogen and oxygen atoms in total. The van der Waals surface area contributed by atoms with Crippen LogP contribution in [-0.4, -0.2) is 23.6 Å². The number of nitrogens with zero attached hydrogens (tertiary/aromatic N) is 1. The number of hydrogen-bond donors (Lipinski definition) is 1. The average Bonchev–Trinajstić information content (AvgIpc) is 2.12. The van der Waals surface area contributed by atoms with Gasteiger partial charge in [-0.3, -0.25) is 0 Å². The van der Waals surface area contributed by atoms with Gasteiger partial charge < -0.3 is 5.32 Å². The maximum atomic E-state index is 8.56. The van der Waals surface area contributed by atoms with E-state index in [4.69, 9.17) is 5.26 Å². The van der Waals surface area contributed by atoms with Crippen LogP contribution in [0.3, 0.4) is 0 Å². The quantitative estimate of drug-likeness (QED) is 0.695. The third-order valence-corrected chi connectivity index (χ3v) is 3.61. The predicted molar refractivity (Wildman–Crippen MR) is 73.7 cm³/mol. The first-order chi connectivity index (χ1) is 7.27. The van der Waals surface area contributed by atoms with Gasteiger partial charge >= 0.3 is 0 Å². The smallest absolute Gasteiger partial charge is 0.0621 e. The predicted octanol–water partition coefficient (Wildman–Crippen LogP) is 3.44. The second kappa shape index (κ2) is 7.19. The van der Waals surface area contributed by atoms with Gasteiger partial charge in [-0.05, 0) is 11.8 Å². The third-order valence-electron chi connectivity index (χ3n) is 2.33. The number of thioether (sulfide) groups is 1. The molecule has 0 saturated carbocycles. The minimum absolute atomic E-state index is 0.238. The van der Waals surface area contributed by atoms with Crippen molar-refractivity contribution in [3.8, 4) is 6.07 Å². The van der Waals surface area contributed by atoms with Crippen molar-refractivity contribution in [1.29, 1.82) is 5.26 Å². The molecule has 16 heavy (non-hydrogen) atoms. The number of hydrogen-bond acceptors (Lipinski definition) is 3. The Bertz CT molecular complexity index is 223. The van der Waals surface area contributed by atoms with Gasteiger partial charge in [0.1, 0.15) is 0 Å². The summed E-state index contributed by atoms with van der Waals surface area (Å²) in [5, 5.41) is 12.0. The Balaban J connectivity index is 3.55. The molecule has 0 unspecified atom stereocenters. The topological polar surface area (TPSA) is 35.8 Å². The molecule has 0 amide bonds. The monoisotopic (exact) mass is 242 g/mol. The molecule has 0 rings (SSSR count). The summed E-state index contributed by atoms with van der Waals surface area (Å²) >= 11 is 1.99. The van der Waals surface area contributed by atoms with Gasteiger partial charge in [0, 0.05) is 30.0 Å². The van der Waals surface area contributed by atoms with Crippen LogP contribution in [0.5, 0.6) is 0 Å². The van der Waals surface area contributed by atoms with Crippen LogP contribution in [0.1, 0.15) is 47.5 Å². The van der Waals surface area contributed by atoms with E-state index in [0.717, 1.165) is 25.3 Å². The van der Waals surface area contributed by atoms with Gasteiger partial charge in [-0.15, -0.1) is 0 Å². The van der Waals surface area contributed by atoms with E-state index in [0.29, 0.717) is 11.2 Å². The average molecular weight is 242 g/mol. The maximum Gasteiger partial charge on any atom is 0.0621 e. The lowest BCUT2D eigenvalue weighted by Crippen LogP contribution is -2.31. The Labute approximate surface area is 105 Å². The lowest BCUT2D eigenvalue weighted by molar-refractivity contribution is 0.322. The van der Waals surface area contributed by atoms with Crippen LogP contribution < -0.4 is 5.32 Å². The molecule has 0 saturated heterocycles. The molecule has 0 aliphatic rings. The van der Waals surface area contributed by atoms with Crippen molar-refractivity contribution in [2.24, 2.45) is 5.41 Å². The van der Waals surface area contributed by atoms with Crippen molar-refractivity contribution in [2.75, 3.05) is 18.8 Å². The summed E-state index contributed by atoms with van der Waals surface area (Å²) in [6, 6.07) is 2.21. The Kier molecular flexibility index (Phi) is 7.10. The Morgan fingerprint density at radius 1 is 1.19 bits per heavy atom. The second-order valence-corrected chi connectivity index (χ2v) is 7.88. The molecule has 0 radical (unpaired) electrons. The summed E-state index contributed by atoms with van der Waals surface area (Å²) in [6.45, 7) is 13.2. The van der Waals surface area contributed by atoms with Crippen molar-refractivity contribution in [2.45, 2.75) is 52.2 Å². The molecule has 0 aliphatic heterocycles. The Morgan fingerprint density at radius 2 is 1.81 bits per heavy atom. The van der Waals surface area contributed by atoms with Gasteiger partial charge in [-0.2, -0.15) is 17.0 Å². The van der Waals surface area contributed by atoms with Crippen LogP contribution in [0, 0.1) is 16.7 Å². The molecule has 1 N–H and O–H groups in total. The molecule has 0 fully saturated rings. The van der Waals surface area contributed by atoms with E-state index in [-0.39, 0.29) is 5.41 Å². The first kappa shape index (κ1) is 15.8. The zero-order chi connectivity index (χ0) is 12.7. The lowest BCUT2D eigenvalue weighted by atomic mass is 9.88. The van der Waals surface area contributed by atoms with Crippen molar-refractivity contribution >= 4 is 11.8 Å². The summed E-state index contributed by atoms with van der Waals surface area (Å²) in [5.74, 6) is 1.15. The Hall–Kier alpha value is -0.200. The molecule has 0 aromatic heterocycles. The lowest BCUT2D eigenvalue weighted by Gasteiger charge is -2.24. The van der Waals surface area contributed by atoms with E-state index in [1.165, 1.54) is 0 Å². The minimum atomic E-state index is 0.238. The molecule has 94 valence electrons. The number of rotatable bonds is 7. The molecule has 0 aromatic carbocycles. The molecule has 0 bridgehead atoms. The van der Waals surface area contributed by atoms with Gasteiger partial charge in [-0.1, -0.05) is 34.6 Å². The molecular formula is C13H26N2S. The van der Waals surface area contributed by atoms with Crippen molar-refractivity contribution in [1.82, 2.24) is 5.32 Å². The highest BCUT2D eigenvalue weighted by atomic mass is 32.2. The standard InChI is InChI=1S/C13H26N2S/c1-12(2,3)16-10-9-15-11-13(4,5)7-6-8-14/h15H,6-7,9-11H2,1-5H3. The van der Waals surface area contributed by atoms with E-state index < -0.39 is 0 Å². The van der Waals surface area contributed by atoms with E-state index in [1.54, 1.807) is 0 Å². The Morgan fingerprint density at radius 3 is 2.31 bits per heavy atom. The van der Waals surface area contributed by atoms with Crippen LogP contribution in [0.2, 0.25) is 0 Å². The zero-order valence-corrected chi connectivity index (χ0v) is 12.2. The van der Waals surface area contributed by atoms with Crippen LogP contribution in [0.15, 0.2) is 0 Å².